The lowest BCUT2D eigenvalue weighted by Gasteiger charge is -2.07. The van der Waals surface area contributed by atoms with Gasteiger partial charge in [-0.05, 0) is 82.0 Å². The van der Waals surface area contributed by atoms with Gasteiger partial charge in [-0.3, -0.25) is 0 Å². The van der Waals surface area contributed by atoms with E-state index >= 15 is 0 Å². The Kier molecular flexibility index (Phi) is 8.33. The van der Waals surface area contributed by atoms with E-state index in [4.69, 9.17) is 9.97 Å². The highest BCUT2D eigenvalue weighted by molar-refractivity contribution is 5.99. The Morgan fingerprint density at radius 2 is 0.596 bits per heavy atom. The van der Waals surface area contributed by atoms with E-state index in [1.165, 1.54) is 11.1 Å². The standard InChI is InChI=1S/C50H39N7/c1-55-27-21-36(22-28-55)48-41-15-13-39(51-41)47(35-11-9-34(10-12-35)33-7-5-4-6-8-33)40-14-16-42(52-40)49(37-23-29-56(2)30-24-37)44-18-20-46(54-44)50(45-19-17-43(48)53-45)38-25-31-57(3)32-26-38/h4-32H,1-3H3,(H,51,52,53,54)/q+2/p+1. The zero-order valence-corrected chi connectivity index (χ0v) is 32.0. The monoisotopic (exact) mass is 738 g/mol. The fraction of sp³-hybridized carbons (Fsp3) is 0.0600. The summed E-state index contributed by atoms with van der Waals surface area (Å²) in [4.78, 5) is 18.6. The predicted molar refractivity (Wildman–Crippen MR) is 230 cm³/mol. The largest absolute Gasteiger partial charge is 0.354 e. The third-order valence-corrected chi connectivity index (χ3v) is 10.8. The van der Waals surface area contributed by atoms with Crippen LogP contribution in [-0.4, -0.2) is 19.9 Å². The van der Waals surface area contributed by atoms with E-state index in [-0.39, 0.29) is 0 Å². The van der Waals surface area contributed by atoms with Crippen molar-refractivity contribution in [2.24, 2.45) is 21.1 Å². The number of aromatic amines is 2. The molecule has 0 atom stereocenters. The van der Waals surface area contributed by atoms with Crippen LogP contribution in [0.5, 0.6) is 0 Å². The molecule has 2 aliphatic rings. The highest BCUT2D eigenvalue weighted by Crippen LogP contribution is 2.38. The second-order valence-electron chi connectivity index (χ2n) is 14.7. The maximum Gasteiger partial charge on any atom is 0.169 e. The number of nitrogens with zero attached hydrogens (tertiary/aromatic N) is 5. The summed E-state index contributed by atoms with van der Waals surface area (Å²) in [6, 6.07) is 40.9. The molecule has 0 saturated heterocycles. The summed E-state index contributed by atoms with van der Waals surface area (Å²) < 4.78 is 6.16. The number of H-pyrrole nitrogens is 2. The average Bonchev–Trinajstić information content (AvgIpc) is 4.09. The molecule has 2 aromatic carbocycles. The molecule has 57 heavy (non-hydrogen) atoms. The second kappa shape index (κ2) is 14.0. The molecule has 6 aromatic heterocycles. The zero-order chi connectivity index (χ0) is 38.5. The number of benzene rings is 2. The summed E-state index contributed by atoms with van der Waals surface area (Å²) in [5.74, 6) is 0. The summed E-state index contributed by atoms with van der Waals surface area (Å²) in [5.41, 5.74) is 18.2. The molecular formula is C50H40N7+3. The number of pyridine rings is 3. The number of hydrogen-bond donors (Lipinski definition) is 2. The van der Waals surface area contributed by atoms with Gasteiger partial charge in [0.2, 0.25) is 0 Å². The number of fused-ring (bicyclic) bond motifs is 8. The minimum absolute atomic E-state index is 0.884. The molecular weight excluding hydrogens is 699 g/mol. The van der Waals surface area contributed by atoms with Crippen molar-refractivity contribution in [3.05, 3.63) is 175 Å². The summed E-state index contributed by atoms with van der Waals surface area (Å²) in [6.07, 6.45) is 21.1. The van der Waals surface area contributed by atoms with Crippen molar-refractivity contribution in [1.82, 2.24) is 19.9 Å². The number of hydrogen-bond acceptors (Lipinski definition) is 2. The van der Waals surface area contributed by atoms with E-state index in [9.17, 15) is 0 Å². The molecule has 8 heterocycles. The van der Waals surface area contributed by atoms with Crippen LogP contribution in [0.15, 0.2) is 152 Å². The molecule has 8 bridgehead atoms. The third-order valence-electron chi connectivity index (χ3n) is 10.8. The molecule has 0 spiro atoms. The van der Waals surface area contributed by atoms with Crippen molar-refractivity contribution in [3.63, 3.8) is 0 Å². The molecule has 0 unspecified atom stereocenters. The minimum Gasteiger partial charge on any atom is -0.354 e. The fourth-order valence-corrected chi connectivity index (χ4v) is 7.88. The van der Waals surface area contributed by atoms with Crippen molar-refractivity contribution in [2.45, 2.75) is 0 Å². The van der Waals surface area contributed by atoms with Crippen molar-refractivity contribution < 1.29 is 13.7 Å². The Morgan fingerprint density at radius 3 is 0.930 bits per heavy atom. The quantitative estimate of drug-likeness (QED) is 0.173. The Morgan fingerprint density at radius 1 is 0.316 bits per heavy atom. The molecule has 0 saturated carbocycles. The van der Waals surface area contributed by atoms with E-state index in [0.29, 0.717) is 0 Å². The fourth-order valence-electron chi connectivity index (χ4n) is 7.88. The van der Waals surface area contributed by atoms with Crippen LogP contribution in [0.25, 0.3) is 102 Å². The first-order valence-corrected chi connectivity index (χ1v) is 19.1. The third kappa shape index (κ3) is 6.35. The number of aromatic nitrogens is 7. The summed E-state index contributed by atoms with van der Waals surface area (Å²) in [7, 11) is 6.11. The average molecular weight is 739 g/mol. The van der Waals surface area contributed by atoms with E-state index in [1.54, 1.807) is 0 Å². The van der Waals surface area contributed by atoms with Gasteiger partial charge in [-0.25, -0.2) is 23.7 Å². The van der Waals surface area contributed by atoms with E-state index in [2.05, 4.69) is 200 Å². The first-order chi connectivity index (χ1) is 27.9. The maximum atomic E-state index is 5.46. The Hall–Kier alpha value is -7.51. The second-order valence-corrected chi connectivity index (χ2v) is 14.7. The highest BCUT2D eigenvalue weighted by Gasteiger charge is 2.20. The van der Waals surface area contributed by atoms with Crippen LogP contribution in [0.3, 0.4) is 0 Å². The van der Waals surface area contributed by atoms with Crippen LogP contribution in [-0.2, 0) is 21.1 Å². The van der Waals surface area contributed by atoms with Crippen molar-refractivity contribution in [3.8, 4) is 55.6 Å². The van der Waals surface area contributed by atoms with Gasteiger partial charge >= 0.3 is 0 Å². The van der Waals surface area contributed by atoms with Crippen LogP contribution in [0.4, 0.5) is 0 Å². The van der Waals surface area contributed by atoms with Crippen molar-refractivity contribution >= 4 is 46.4 Å². The van der Waals surface area contributed by atoms with Crippen molar-refractivity contribution in [1.29, 1.82) is 0 Å². The first-order valence-electron chi connectivity index (χ1n) is 19.1. The molecule has 272 valence electrons. The lowest BCUT2D eigenvalue weighted by atomic mass is 9.99. The first kappa shape index (κ1) is 34.0. The van der Waals surface area contributed by atoms with Crippen LogP contribution >= 0.6 is 0 Å². The summed E-state index contributed by atoms with van der Waals surface area (Å²) in [5, 5.41) is 0. The van der Waals surface area contributed by atoms with Gasteiger partial charge < -0.3 is 9.97 Å². The SMILES string of the molecule is C[n+]1ccc(-c2c3nc(c(-c4cc[n+](C)cc4)c4ccc([nH]4)c(-c4cc[n+](C)cc4)c4nc(c(-c5ccc(-c6ccccc6)cc5)c5ccc2[nH]5)C=C4)C=C3)cc1. The molecule has 8 aromatic rings. The molecule has 7 nitrogen and oxygen atoms in total. The van der Waals surface area contributed by atoms with Crippen LogP contribution in [0.2, 0.25) is 0 Å². The van der Waals surface area contributed by atoms with Gasteiger partial charge in [-0.15, -0.1) is 0 Å². The minimum atomic E-state index is 0.884. The molecule has 0 aliphatic carbocycles. The van der Waals surface area contributed by atoms with E-state index in [1.807, 2.05) is 21.1 Å². The summed E-state index contributed by atoms with van der Waals surface area (Å²) >= 11 is 0. The maximum absolute atomic E-state index is 5.46. The normalized spacial score (nSPS) is 12.0. The van der Waals surface area contributed by atoms with Gasteiger partial charge in [0.1, 0.15) is 21.1 Å². The molecule has 2 aliphatic heterocycles. The lowest BCUT2D eigenvalue weighted by Crippen LogP contribution is -2.25. The number of rotatable bonds is 5. The lowest BCUT2D eigenvalue weighted by molar-refractivity contribution is -0.671. The van der Waals surface area contributed by atoms with Gasteiger partial charge in [0.25, 0.3) is 0 Å². The Labute approximate surface area is 330 Å². The van der Waals surface area contributed by atoms with E-state index < -0.39 is 0 Å². The van der Waals surface area contributed by atoms with E-state index in [0.717, 1.165) is 89.4 Å². The van der Waals surface area contributed by atoms with Crippen LogP contribution in [0.1, 0.15) is 22.8 Å². The predicted octanol–water partition coefficient (Wildman–Crippen LogP) is 9.46. The highest BCUT2D eigenvalue weighted by atomic mass is 14.9. The van der Waals surface area contributed by atoms with Crippen molar-refractivity contribution in [2.75, 3.05) is 0 Å². The van der Waals surface area contributed by atoms with Gasteiger partial charge in [0.15, 0.2) is 37.2 Å². The molecule has 10 rings (SSSR count). The van der Waals surface area contributed by atoms with Gasteiger partial charge in [0.05, 0.1) is 22.8 Å². The molecule has 0 amide bonds. The zero-order valence-electron chi connectivity index (χ0n) is 32.0. The van der Waals surface area contributed by atoms with Gasteiger partial charge in [-0.2, -0.15) is 0 Å². The smallest absolute Gasteiger partial charge is 0.169 e. The van der Waals surface area contributed by atoms with Gasteiger partial charge in [-0.1, -0.05) is 54.6 Å². The number of nitrogens with one attached hydrogen (secondary N) is 2. The van der Waals surface area contributed by atoms with Gasteiger partial charge in [0, 0.05) is 80.7 Å². The topological polar surface area (TPSA) is 69.0 Å². The molecule has 2 N–H and O–H groups in total. The molecule has 7 heteroatoms. The Balaban J connectivity index is 1.34. The molecule has 0 fully saturated rings. The van der Waals surface area contributed by atoms with Crippen LogP contribution in [0, 0.1) is 0 Å². The molecule has 0 radical (unpaired) electrons. The number of aryl methyl sites for hydroxylation is 3. The summed E-state index contributed by atoms with van der Waals surface area (Å²) in [6.45, 7) is 0. The Bertz CT molecular complexity index is 3000. The van der Waals surface area contributed by atoms with Crippen LogP contribution < -0.4 is 13.7 Å².